The number of phosphoric ester groups is 1. The lowest BCUT2D eigenvalue weighted by Gasteiger charge is -2.26. The Hall–Kier alpha value is -0.760. The molecular weight excluding hydrogens is 683 g/mol. The third-order valence-electron chi connectivity index (χ3n) is 10.3. The SMILES string of the molecule is CCCCCCCCCC/C=C\CCCCCCCCCCCCCCCCCC(=O)NC(COP(=O)(O)OCC[N+](C)(C)C)C(O)CCCCCC. The van der Waals surface area contributed by atoms with E-state index in [0.29, 0.717) is 23.9 Å². The fraction of sp³-hybridized carbons (Fsp3) is 0.932. The van der Waals surface area contributed by atoms with Gasteiger partial charge in [-0.05, 0) is 38.5 Å². The van der Waals surface area contributed by atoms with Gasteiger partial charge in [-0.2, -0.15) is 0 Å². The molecule has 0 aliphatic carbocycles. The number of aliphatic hydroxyl groups excluding tert-OH is 1. The van der Waals surface area contributed by atoms with Gasteiger partial charge in [-0.3, -0.25) is 13.8 Å². The summed E-state index contributed by atoms with van der Waals surface area (Å²) >= 11 is 0. The van der Waals surface area contributed by atoms with Crippen LogP contribution in [-0.4, -0.2) is 73.4 Å². The number of carbonyl (C=O) groups excluding carboxylic acids is 1. The molecule has 0 aliphatic heterocycles. The van der Waals surface area contributed by atoms with Crippen molar-refractivity contribution in [1.82, 2.24) is 5.32 Å². The lowest BCUT2D eigenvalue weighted by molar-refractivity contribution is -0.870. The van der Waals surface area contributed by atoms with Gasteiger partial charge in [-0.25, -0.2) is 4.57 Å². The third kappa shape index (κ3) is 39.3. The van der Waals surface area contributed by atoms with E-state index in [1.807, 2.05) is 21.1 Å². The van der Waals surface area contributed by atoms with Crippen LogP contribution in [0.2, 0.25) is 0 Å². The van der Waals surface area contributed by atoms with Crippen LogP contribution in [0.3, 0.4) is 0 Å². The number of nitrogens with zero attached hydrogens (tertiary/aromatic N) is 1. The zero-order chi connectivity index (χ0) is 39.3. The van der Waals surface area contributed by atoms with E-state index in [-0.39, 0.29) is 19.1 Å². The van der Waals surface area contributed by atoms with Crippen LogP contribution in [-0.2, 0) is 18.4 Å². The number of unbranched alkanes of at least 4 members (excludes halogenated alkanes) is 26. The van der Waals surface area contributed by atoms with Gasteiger partial charge >= 0.3 is 7.82 Å². The molecule has 3 atom stereocenters. The number of rotatable bonds is 41. The predicted molar refractivity (Wildman–Crippen MR) is 226 cm³/mol. The fourth-order valence-electron chi connectivity index (χ4n) is 6.63. The summed E-state index contributed by atoms with van der Waals surface area (Å²) in [6.07, 6.45) is 41.7. The summed E-state index contributed by atoms with van der Waals surface area (Å²) in [5.74, 6) is -0.151. The van der Waals surface area contributed by atoms with Crippen molar-refractivity contribution in [3.63, 3.8) is 0 Å². The number of nitrogens with one attached hydrogen (secondary N) is 1. The number of likely N-dealkylation sites (N-methyl/N-ethyl adjacent to an activating group) is 1. The van der Waals surface area contributed by atoms with E-state index in [9.17, 15) is 19.4 Å². The predicted octanol–water partition coefficient (Wildman–Crippen LogP) is 12.4. The second-order valence-corrected chi connectivity index (χ2v) is 18.2. The maximum Gasteiger partial charge on any atom is 0.472 e. The summed E-state index contributed by atoms with van der Waals surface area (Å²) in [7, 11) is 1.62. The molecule has 9 heteroatoms. The van der Waals surface area contributed by atoms with Crippen LogP contribution >= 0.6 is 7.82 Å². The van der Waals surface area contributed by atoms with Crippen LogP contribution < -0.4 is 5.32 Å². The molecule has 0 aromatic rings. The molecule has 0 aromatic carbocycles. The number of phosphoric acid groups is 1. The highest BCUT2D eigenvalue weighted by Crippen LogP contribution is 2.43. The Kier molecular flexibility index (Phi) is 36.3. The molecule has 0 saturated carbocycles. The Bertz CT molecular complexity index is 880. The molecule has 0 aromatic heterocycles. The normalized spacial score (nSPS) is 14.5. The van der Waals surface area contributed by atoms with Crippen LogP contribution in [0.1, 0.15) is 213 Å². The minimum atomic E-state index is -4.29. The first kappa shape index (κ1) is 52.2. The maximum atomic E-state index is 12.7. The van der Waals surface area contributed by atoms with Crippen molar-refractivity contribution in [2.24, 2.45) is 0 Å². The van der Waals surface area contributed by atoms with E-state index < -0.39 is 20.0 Å². The number of allylic oxidation sites excluding steroid dienone is 2. The summed E-state index contributed by atoms with van der Waals surface area (Å²) in [6, 6.07) is -0.752. The van der Waals surface area contributed by atoms with Crippen molar-refractivity contribution in [3.8, 4) is 0 Å². The number of amides is 1. The Balaban J connectivity index is 3.85. The topological polar surface area (TPSA) is 105 Å². The Labute approximate surface area is 329 Å². The first-order valence-electron chi connectivity index (χ1n) is 22.6. The van der Waals surface area contributed by atoms with Crippen molar-refractivity contribution < 1.29 is 32.9 Å². The van der Waals surface area contributed by atoms with Gasteiger partial charge in [0.15, 0.2) is 0 Å². The quantitative estimate of drug-likeness (QED) is 0.0247. The highest BCUT2D eigenvalue weighted by atomic mass is 31.2. The van der Waals surface area contributed by atoms with Crippen molar-refractivity contribution in [2.75, 3.05) is 40.9 Å². The van der Waals surface area contributed by atoms with Crippen molar-refractivity contribution in [1.29, 1.82) is 0 Å². The van der Waals surface area contributed by atoms with Gasteiger partial charge in [-0.15, -0.1) is 0 Å². The monoisotopic (exact) mass is 774 g/mol. The number of hydrogen-bond acceptors (Lipinski definition) is 5. The van der Waals surface area contributed by atoms with Gasteiger partial charge in [0.25, 0.3) is 0 Å². The average Bonchev–Trinajstić information content (AvgIpc) is 3.10. The summed E-state index contributed by atoms with van der Waals surface area (Å²) in [5.41, 5.74) is 0. The molecule has 0 heterocycles. The van der Waals surface area contributed by atoms with Gasteiger partial charge in [0.2, 0.25) is 5.91 Å². The van der Waals surface area contributed by atoms with Crippen LogP contribution in [0.25, 0.3) is 0 Å². The molecule has 0 spiro atoms. The highest BCUT2D eigenvalue weighted by Gasteiger charge is 2.28. The molecule has 0 bridgehead atoms. The van der Waals surface area contributed by atoms with Gasteiger partial charge in [0.05, 0.1) is 39.9 Å². The van der Waals surface area contributed by atoms with E-state index in [1.54, 1.807) is 0 Å². The summed E-state index contributed by atoms with van der Waals surface area (Å²) in [6.45, 7) is 4.77. The molecule has 0 aliphatic rings. The summed E-state index contributed by atoms with van der Waals surface area (Å²) in [5, 5.41) is 13.7. The van der Waals surface area contributed by atoms with E-state index in [4.69, 9.17) is 9.05 Å². The van der Waals surface area contributed by atoms with E-state index in [0.717, 1.165) is 44.9 Å². The maximum absolute atomic E-state index is 12.7. The van der Waals surface area contributed by atoms with Crippen LogP contribution in [0.15, 0.2) is 12.2 Å². The molecule has 3 unspecified atom stereocenters. The highest BCUT2D eigenvalue weighted by molar-refractivity contribution is 7.47. The van der Waals surface area contributed by atoms with Crippen molar-refractivity contribution >= 4 is 13.7 Å². The largest absolute Gasteiger partial charge is 0.472 e. The standard InChI is InChI=1S/C44H89N2O6P/c1-6-8-10-12-13-14-15-16-17-18-19-20-21-22-23-24-25-26-27-28-29-30-31-32-33-34-36-38-44(48)45-42(43(47)37-35-11-9-7-2)41-52-53(49,50)51-40-39-46(3,4)5/h18-19,42-43,47H,6-17,20-41H2,1-5H3,(H-,45,48,49,50)/p+1/b19-18-. The molecule has 0 fully saturated rings. The molecule has 3 N–H and O–H groups in total. The lowest BCUT2D eigenvalue weighted by Crippen LogP contribution is -2.46. The van der Waals surface area contributed by atoms with Crippen LogP contribution in [0.4, 0.5) is 0 Å². The van der Waals surface area contributed by atoms with Gasteiger partial charge in [0, 0.05) is 6.42 Å². The fourth-order valence-corrected chi connectivity index (χ4v) is 7.36. The van der Waals surface area contributed by atoms with E-state index in [2.05, 4.69) is 31.3 Å². The second-order valence-electron chi connectivity index (χ2n) is 16.8. The van der Waals surface area contributed by atoms with Crippen LogP contribution in [0, 0.1) is 0 Å². The molecule has 0 radical (unpaired) electrons. The van der Waals surface area contributed by atoms with E-state index >= 15 is 0 Å². The molecule has 0 rings (SSSR count). The molecule has 8 nitrogen and oxygen atoms in total. The molecule has 0 saturated heterocycles. The Morgan fingerprint density at radius 3 is 1.45 bits per heavy atom. The zero-order valence-electron chi connectivity index (χ0n) is 35.8. The first-order valence-corrected chi connectivity index (χ1v) is 24.0. The molecule has 316 valence electrons. The second kappa shape index (κ2) is 36.9. The minimum Gasteiger partial charge on any atom is -0.391 e. The van der Waals surface area contributed by atoms with Crippen LogP contribution in [0.5, 0.6) is 0 Å². The third-order valence-corrected chi connectivity index (χ3v) is 11.2. The number of carbonyl (C=O) groups is 1. The zero-order valence-corrected chi connectivity index (χ0v) is 36.7. The van der Waals surface area contributed by atoms with Gasteiger partial charge < -0.3 is 19.8 Å². The smallest absolute Gasteiger partial charge is 0.391 e. The van der Waals surface area contributed by atoms with E-state index in [1.165, 1.54) is 141 Å². The summed E-state index contributed by atoms with van der Waals surface area (Å²) < 4.78 is 23.4. The van der Waals surface area contributed by atoms with Gasteiger partial charge in [0.1, 0.15) is 13.2 Å². The molecular formula is C44H90N2O6P+. The Morgan fingerprint density at radius 2 is 1.02 bits per heavy atom. The molecule has 53 heavy (non-hydrogen) atoms. The summed E-state index contributed by atoms with van der Waals surface area (Å²) in [4.78, 5) is 22.9. The average molecular weight is 774 g/mol. The van der Waals surface area contributed by atoms with Gasteiger partial charge in [-0.1, -0.05) is 180 Å². The number of quaternary nitrogens is 1. The molecule has 1 amide bonds. The van der Waals surface area contributed by atoms with Crippen molar-refractivity contribution in [3.05, 3.63) is 12.2 Å². The number of hydrogen-bond donors (Lipinski definition) is 3. The first-order chi connectivity index (χ1) is 25.5. The van der Waals surface area contributed by atoms with Crippen molar-refractivity contribution in [2.45, 2.75) is 225 Å². The Morgan fingerprint density at radius 1 is 0.623 bits per heavy atom. The lowest BCUT2D eigenvalue weighted by atomic mass is 10.0. The minimum absolute atomic E-state index is 0.0755. The number of aliphatic hydroxyl groups is 1.